The van der Waals surface area contributed by atoms with Crippen molar-refractivity contribution in [3.63, 3.8) is 0 Å². The highest BCUT2D eigenvalue weighted by Crippen LogP contribution is 2.31. The molecule has 0 spiro atoms. The lowest BCUT2D eigenvalue weighted by Crippen LogP contribution is -2.34. The van der Waals surface area contributed by atoms with Crippen LogP contribution in [0.3, 0.4) is 0 Å². The van der Waals surface area contributed by atoms with Crippen LogP contribution >= 0.6 is 11.3 Å². The molecule has 0 atom stereocenters. The predicted octanol–water partition coefficient (Wildman–Crippen LogP) is 2.83. The average molecular weight is 318 g/mol. The summed E-state index contributed by atoms with van der Waals surface area (Å²) in [7, 11) is 0. The van der Waals surface area contributed by atoms with E-state index in [9.17, 15) is 14.7 Å². The molecule has 0 aliphatic carbocycles. The quantitative estimate of drug-likeness (QED) is 0.799. The first-order valence-electron chi connectivity index (χ1n) is 6.64. The van der Waals surface area contributed by atoms with E-state index in [4.69, 9.17) is 4.42 Å². The summed E-state index contributed by atoms with van der Waals surface area (Å²) in [6, 6.07) is 3.53. The molecule has 0 radical (unpaired) electrons. The number of aromatic nitrogens is 2. The molecule has 0 aromatic carbocycles. The van der Waals surface area contributed by atoms with Crippen molar-refractivity contribution in [1.82, 2.24) is 9.55 Å². The van der Waals surface area contributed by atoms with Gasteiger partial charge in [0, 0.05) is 17.5 Å². The van der Waals surface area contributed by atoms with Gasteiger partial charge in [-0.15, -0.1) is 11.3 Å². The van der Waals surface area contributed by atoms with Gasteiger partial charge in [0.1, 0.15) is 10.6 Å². The summed E-state index contributed by atoms with van der Waals surface area (Å²) in [5, 5.41) is 11.5. The highest BCUT2D eigenvalue weighted by atomic mass is 32.1. The Labute approximate surface area is 129 Å². The van der Waals surface area contributed by atoms with Crippen molar-refractivity contribution in [2.45, 2.75) is 20.4 Å². The maximum atomic E-state index is 12.7. The van der Waals surface area contributed by atoms with Gasteiger partial charge in [0.2, 0.25) is 0 Å². The molecule has 3 rings (SSSR count). The molecule has 3 aromatic rings. The third-order valence-corrected chi connectivity index (χ3v) is 4.38. The van der Waals surface area contributed by atoms with Crippen LogP contribution in [0.25, 0.3) is 21.5 Å². The molecule has 1 N–H and O–H groups in total. The van der Waals surface area contributed by atoms with Crippen LogP contribution in [0.4, 0.5) is 0 Å². The molecule has 22 heavy (non-hydrogen) atoms. The highest BCUT2D eigenvalue weighted by molar-refractivity contribution is 7.17. The number of aliphatic carboxylic acids is 1. The van der Waals surface area contributed by atoms with E-state index < -0.39 is 11.4 Å². The first-order chi connectivity index (χ1) is 10.4. The number of carbonyl (C=O) groups is 1. The summed E-state index contributed by atoms with van der Waals surface area (Å²) in [5.41, 5.74) is -0.628. The molecule has 0 unspecified atom stereocenters. The molecule has 114 valence electrons. The fourth-order valence-electron chi connectivity index (χ4n) is 2.19. The number of nitrogens with zero attached hydrogens (tertiary/aromatic N) is 2. The largest absolute Gasteiger partial charge is 0.481 e. The van der Waals surface area contributed by atoms with Crippen molar-refractivity contribution in [3.8, 4) is 11.3 Å². The van der Waals surface area contributed by atoms with Gasteiger partial charge in [0.25, 0.3) is 5.56 Å². The Kier molecular flexibility index (Phi) is 3.37. The topological polar surface area (TPSA) is 85.3 Å². The molecular formula is C15H14N2O4S. The summed E-state index contributed by atoms with van der Waals surface area (Å²) in [5.74, 6) is -0.364. The molecule has 3 aromatic heterocycles. The van der Waals surface area contributed by atoms with Gasteiger partial charge < -0.3 is 9.52 Å². The number of carboxylic acid groups (broad SMARTS) is 1. The Balaban J connectivity index is 2.15. The van der Waals surface area contributed by atoms with Crippen LogP contribution in [-0.4, -0.2) is 20.6 Å². The Morgan fingerprint density at radius 3 is 2.91 bits per heavy atom. The van der Waals surface area contributed by atoms with Crippen LogP contribution in [0.1, 0.15) is 13.8 Å². The van der Waals surface area contributed by atoms with Gasteiger partial charge in [-0.3, -0.25) is 14.2 Å². The molecule has 0 saturated carbocycles. The van der Waals surface area contributed by atoms with E-state index in [-0.39, 0.29) is 12.1 Å². The van der Waals surface area contributed by atoms with Crippen LogP contribution in [0.5, 0.6) is 0 Å². The molecule has 0 bridgehead atoms. The Morgan fingerprint density at radius 1 is 1.50 bits per heavy atom. The van der Waals surface area contributed by atoms with Crippen molar-refractivity contribution >= 4 is 27.5 Å². The fraction of sp³-hybridized carbons (Fsp3) is 0.267. The molecule has 3 heterocycles. The van der Waals surface area contributed by atoms with Crippen LogP contribution in [-0.2, 0) is 11.3 Å². The van der Waals surface area contributed by atoms with Gasteiger partial charge >= 0.3 is 5.97 Å². The highest BCUT2D eigenvalue weighted by Gasteiger charge is 2.28. The summed E-state index contributed by atoms with van der Waals surface area (Å²) >= 11 is 1.36. The Hall–Kier alpha value is -2.41. The Morgan fingerprint density at radius 2 is 2.27 bits per heavy atom. The lowest BCUT2D eigenvalue weighted by Gasteiger charge is -2.19. The van der Waals surface area contributed by atoms with Crippen molar-refractivity contribution < 1.29 is 14.3 Å². The number of rotatable bonds is 4. The number of furan rings is 1. The van der Waals surface area contributed by atoms with Crippen LogP contribution in [0.2, 0.25) is 0 Å². The van der Waals surface area contributed by atoms with Crippen molar-refractivity contribution in [1.29, 1.82) is 0 Å². The number of thiophene rings is 1. The lowest BCUT2D eigenvalue weighted by molar-refractivity contribution is -0.147. The molecule has 0 aliphatic heterocycles. The van der Waals surface area contributed by atoms with E-state index in [0.717, 1.165) is 0 Å². The van der Waals surface area contributed by atoms with Crippen molar-refractivity contribution in [2.75, 3.05) is 0 Å². The SMILES string of the molecule is CC(C)(Cn1cnc2scc(-c3ccco3)c2c1=O)C(=O)O. The van der Waals surface area contributed by atoms with Gasteiger partial charge in [-0.05, 0) is 26.0 Å². The minimum absolute atomic E-state index is 0.0531. The summed E-state index contributed by atoms with van der Waals surface area (Å²) < 4.78 is 6.70. The van der Waals surface area contributed by atoms with Crippen LogP contribution in [0.15, 0.2) is 39.3 Å². The minimum atomic E-state index is -1.06. The number of fused-ring (bicyclic) bond motifs is 1. The predicted molar refractivity (Wildman–Crippen MR) is 83.0 cm³/mol. The molecule has 0 fully saturated rings. The smallest absolute Gasteiger partial charge is 0.310 e. The van der Waals surface area contributed by atoms with Gasteiger partial charge in [0.05, 0.1) is 23.4 Å². The number of hydrogen-bond acceptors (Lipinski definition) is 5. The number of carboxylic acids is 1. The lowest BCUT2D eigenvalue weighted by atomic mass is 9.94. The van der Waals surface area contributed by atoms with Crippen LogP contribution in [0, 0.1) is 5.41 Å². The molecule has 0 aliphatic rings. The zero-order valence-corrected chi connectivity index (χ0v) is 12.9. The normalized spacial score (nSPS) is 11.9. The first-order valence-corrected chi connectivity index (χ1v) is 7.52. The van der Waals surface area contributed by atoms with E-state index in [1.165, 1.54) is 22.2 Å². The van der Waals surface area contributed by atoms with Crippen molar-refractivity contribution in [2.24, 2.45) is 5.41 Å². The zero-order valence-electron chi connectivity index (χ0n) is 12.1. The number of hydrogen-bond donors (Lipinski definition) is 1. The third-order valence-electron chi connectivity index (χ3n) is 3.49. The van der Waals surface area contributed by atoms with Gasteiger partial charge in [-0.1, -0.05) is 0 Å². The monoisotopic (exact) mass is 318 g/mol. The second kappa shape index (κ2) is 5.10. The van der Waals surface area contributed by atoms with Gasteiger partial charge in [0.15, 0.2) is 0 Å². The molecule has 0 saturated heterocycles. The third kappa shape index (κ3) is 2.33. The molecular weight excluding hydrogens is 304 g/mol. The fourth-order valence-corrected chi connectivity index (χ4v) is 3.07. The molecule has 7 heteroatoms. The van der Waals surface area contributed by atoms with E-state index in [0.29, 0.717) is 21.5 Å². The van der Waals surface area contributed by atoms with E-state index in [2.05, 4.69) is 4.98 Å². The maximum absolute atomic E-state index is 12.7. The summed E-state index contributed by atoms with van der Waals surface area (Å²) in [6.07, 6.45) is 2.94. The summed E-state index contributed by atoms with van der Waals surface area (Å²) in [6.45, 7) is 3.21. The standard InChI is InChI=1S/C15H14N2O4S/c1-15(2,14(19)20)7-17-8-16-12-11(13(17)18)9(6-22-12)10-4-3-5-21-10/h3-6,8H,7H2,1-2H3,(H,19,20). The van der Waals surface area contributed by atoms with E-state index in [1.54, 1.807) is 32.2 Å². The zero-order chi connectivity index (χ0) is 15.9. The second-order valence-electron chi connectivity index (χ2n) is 5.67. The molecule has 6 nitrogen and oxygen atoms in total. The van der Waals surface area contributed by atoms with E-state index in [1.807, 2.05) is 5.38 Å². The second-order valence-corrected chi connectivity index (χ2v) is 6.53. The Bertz CT molecular complexity index is 890. The first kappa shape index (κ1) is 14.5. The van der Waals surface area contributed by atoms with Gasteiger partial charge in [-0.2, -0.15) is 0 Å². The molecule has 0 amide bonds. The van der Waals surface area contributed by atoms with E-state index >= 15 is 0 Å². The van der Waals surface area contributed by atoms with Crippen LogP contribution < -0.4 is 5.56 Å². The average Bonchev–Trinajstić information content (AvgIpc) is 3.10. The van der Waals surface area contributed by atoms with Gasteiger partial charge in [-0.25, -0.2) is 4.98 Å². The minimum Gasteiger partial charge on any atom is -0.481 e. The maximum Gasteiger partial charge on any atom is 0.310 e. The summed E-state index contributed by atoms with van der Waals surface area (Å²) in [4.78, 5) is 28.8. The van der Waals surface area contributed by atoms with Crippen molar-refractivity contribution in [3.05, 3.63) is 40.5 Å².